The Kier molecular flexibility index (Phi) is 3.64. The third-order valence-corrected chi connectivity index (χ3v) is 3.14. The third kappa shape index (κ3) is 2.77. The van der Waals surface area contributed by atoms with Crippen LogP contribution in [0.25, 0.3) is 0 Å². The molecule has 2 aromatic rings. The van der Waals surface area contributed by atoms with Crippen LogP contribution in [0.3, 0.4) is 0 Å². The molecular formula is C13H14N2OS. The van der Waals surface area contributed by atoms with Crippen molar-refractivity contribution in [2.75, 3.05) is 6.26 Å². The maximum Gasteiger partial charge on any atom is 0.254 e. The van der Waals surface area contributed by atoms with Crippen molar-refractivity contribution in [3.8, 4) is 0 Å². The molecule has 0 saturated carbocycles. The molecule has 17 heavy (non-hydrogen) atoms. The van der Waals surface area contributed by atoms with Crippen LogP contribution in [0.1, 0.15) is 11.3 Å². The Bertz CT molecular complexity index is 563. The molecule has 0 saturated heterocycles. The second-order valence-corrected chi connectivity index (χ2v) is 4.57. The lowest BCUT2D eigenvalue weighted by Gasteiger charge is -2.10. The fraction of sp³-hybridized carbons (Fsp3) is 0.231. The molecule has 0 spiro atoms. The summed E-state index contributed by atoms with van der Waals surface area (Å²) in [5, 5.41) is 0.763. The molecule has 3 nitrogen and oxygen atoms in total. The summed E-state index contributed by atoms with van der Waals surface area (Å²) in [6.45, 7) is 2.41. The molecule has 1 heterocycles. The van der Waals surface area contributed by atoms with Gasteiger partial charge in [0.2, 0.25) is 0 Å². The molecule has 0 radical (unpaired) electrons. The fourth-order valence-corrected chi connectivity index (χ4v) is 2.27. The lowest BCUT2D eigenvalue weighted by molar-refractivity contribution is 0.639. The van der Waals surface area contributed by atoms with Crippen molar-refractivity contribution in [2.45, 2.75) is 18.6 Å². The minimum absolute atomic E-state index is 0.00528. The van der Waals surface area contributed by atoms with Crippen LogP contribution < -0.4 is 5.56 Å². The van der Waals surface area contributed by atoms with Gasteiger partial charge in [-0.3, -0.25) is 9.36 Å². The minimum atomic E-state index is 0.00528. The van der Waals surface area contributed by atoms with Gasteiger partial charge in [0.05, 0.1) is 6.54 Å². The standard InChI is InChI=1S/C13H14N2OS/c1-10-8-12(16)15(13(14-10)17-2)9-11-6-4-3-5-7-11/h3-8H,9H2,1-2H3. The second kappa shape index (κ2) is 5.19. The van der Waals surface area contributed by atoms with E-state index in [1.165, 1.54) is 11.8 Å². The van der Waals surface area contributed by atoms with E-state index in [2.05, 4.69) is 4.98 Å². The van der Waals surface area contributed by atoms with E-state index in [-0.39, 0.29) is 5.56 Å². The predicted octanol–water partition coefficient (Wildman–Crippen LogP) is 2.32. The summed E-state index contributed by atoms with van der Waals surface area (Å²) in [7, 11) is 0. The molecule has 0 amide bonds. The van der Waals surface area contributed by atoms with Gasteiger partial charge in [0.1, 0.15) is 0 Å². The van der Waals surface area contributed by atoms with E-state index in [1.54, 1.807) is 10.6 Å². The van der Waals surface area contributed by atoms with Crippen molar-refractivity contribution in [3.63, 3.8) is 0 Å². The second-order valence-electron chi connectivity index (χ2n) is 3.79. The zero-order valence-corrected chi connectivity index (χ0v) is 10.7. The monoisotopic (exact) mass is 246 g/mol. The lowest BCUT2D eigenvalue weighted by atomic mass is 10.2. The highest BCUT2D eigenvalue weighted by Crippen LogP contribution is 2.12. The van der Waals surface area contributed by atoms with Crippen molar-refractivity contribution in [1.29, 1.82) is 0 Å². The van der Waals surface area contributed by atoms with Crippen LogP contribution in [-0.4, -0.2) is 15.8 Å². The highest BCUT2D eigenvalue weighted by atomic mass is 32.2. The van der Waals surface area contributed by atoms with Crippen LogP contribution in [0.5, 0.6) is 0 Å². The smallest absolute Gasteiger partial charge is 0.254 e. The van der Waals surface area contributed by atoms with Crippen molar-refractivity contribution < 1.29 is 0 Å². The zero-order chi connectivity index (χ0) is 12.3. The van der Waals surface area contributed by atoms with Crippen LogP contribution in [0.15, 0.2) is 46.3 Å². The minimum Gasteiger partial charge on any atom is -0.283 e. The van der Waals surface area contributed by atoms with Crippen molar-refractivity contribution in [3.05, 3.63) is 58.0 Å². The molecule has 0 bridgehead atoms. The Morgan fingerprint density at radius 2 is 2.00 bits per heavy atom. The Morgan fingerprint density at radius 1 is 1.29 bits per heavy atom. The predicted molar refractivity (Wildman–Crippen MR) is 70.6 cm³/mol. The summed E-state index contributed by atoms with van der Waals surface area (Å²) >= 11 is 1.49. The van der Waals surface area contributed by atoms with Gasteiger partial charge >= 0.3 is 0 Å². The lowest BCUT2D eigenvalue weighted by Crippen LogP contribution is -2.23. The third-order valence-electron chi connectivity index (χ3n) is 2.47. The molecule has 2 rings (SSSR count). The molecule has 0 aliphatic carbocycles. The molecule has 0 aliphatic heterocycles. The van der Waals surface area contributed by atoms with Crippen molar-refractivity contribution in [1.82, 2.24) is 9.55 Å². The van der Waals surface area contributed by atoms with Crippen LogP contribution in [0, 0.1) is 6.92 Å². The molecule has 0 aliphatic rings. The Morgan fingerprint density at radius 3 is 2.65 bits per heavy atom. The van der Waals surface area contributed by atoms with Gasteiger partial charge < -0.3 is 0 Å². The van der Waals surface area contributed by atoms with Gasteiger partial charge in [0.15, 0.2) is 5.16 Å². The summed E-state index contributed by atoms with van der Waals surface area (Å²) < 4.78 is 1.70. The maximum atomic E-state index is 11.9. The molecular weight excluding hydrogens is 232 g/mol. The van der Waals surface area contributed by atoms with Gasteiger partial charge in [-0.05, 0) is 18.7 Å². The van der Waals surface area contributed by atoms with Crippen molar-refractivity contribution in [2.24, 2.45) is 0 Å². The van der Waals surface area contributed by atoms with Crippen LogP contribution in [0.4, 0.5) is 0 Å². The van der Waals surface area contributed by atoms with Crippen LogP contribution in [0.2, 0.25) is 0 Å². The number of rotatable bonds is 3. The van der Waals surface area contributed by atoms with Gasteiger partial charge in [-0.25, -0.2) is 4.98 Å². The Balaban J connectivity index is 2.42. The summed E-state index contributed by atoms with van der Waals surface area (Å²) in [4.78, 5) is 16.3. The van der Waals surface area contributed by atoms with E-state index in [1.807, 2.05) is 43.5 Å². The first-order chi connectivity index (χ1) is 8.20. The van der Waals surface area contributed by atoms with E-state index in [9.17, 15) is 4.79 Å². The van der Waals surface area contributed by atoms with Crippen molar-refractivity contribution >= 4 is 11.8 Å². The molecule has 1 aromatic heterocycles. The molecule has 0 atom stereocenters. The van der Waals surface area contributed by atoms with Gasteiger partial charge in [-0.15, -0.1) is 0 Å². The number of aryl methyl sites for hydroxylation is 1. The van der Waals surface area contributed by atoms with Gasteiger partial charge in [0.25, 0.3) is 5.56 Å². The molecule has 0 N–H and O–H groups in total. The normalized spacial score (nSPS) is 10.5. The highest BCUT2D eigenvalue weighted by Gasteiger charge is 2.06. The number of hydrogen-bond acceptors (Lipinski definition) is 3. The average Bonchev–Trinajstić information content (AvgIpc) is 2.33. The first-order valence-corrected chi connectivity index (χ1v) is 6.59. The largest absolute Gasteiger partial charge is 0.283 e. The van der Waals surface area contributed by atoms with E-state index in [4.69, 9.17) is 0 Å². The number of hydrogen-bond donors (Lipinski definition) is 0. The Hall–Kier alpha value is -1.55. The van der Waals surface area contributed by atoms with E-state index >= 15 is 0 Å². The van der Waals surface area contributed by atoms with E-state index < -0.39 is 0 Å². The number of aromatic nitrogens is 2. The molecule has 1 aromatic carbocycles. The summed E-state index contributed by atoms with van der Waals surface area (Å²) in [6, 6.07) is 11.5. The van der Waals surface area contributed by atoms with Gasteiger partial charge in [-0.2, -0.15) is 0 Å². The summed E-state index contributed by atoms with van der Waals surface area (Å²) in [5.74, 6) is 0. The average molecular weight is 246 g/mol. The summed E-state index contributed by atoms with van der Waals surface area (Å²) in [6.07, 6.45) is 1.93. The topological polar surface area (TPSA) is 34.9 Å². The van der Waals surface area contributed by atoms with Gasteiger partial charge in [-0.1, -0.05) is 42.1 Å². The first-order valence-electron chi connectivity index (χ1n) is 5.37. The number of thioether (sulfide) groups is 1. The molecule has 0 unspecified atom stereocenters. The quantitative estimate of drug-likeness (QED) is 0.616. The molecule has 0 fully saturated rings. The number of benzene rings is 1. The molecule has 4 heteroatoms. The molecule has 88 valence electrons. The maximum absolute atomic E-state index is 11.9. The van der Waals surface area contributed by atoms with Gasteiger partial charge in [0, 0.05) is 11.8 Å². The van der Waals surface area contributed by atoms with Crippen LogP contribution in [-0.2, 0) is 6.54 Å². The number of nitrogens with zero attached hydrogens (tertiary/aromatic N) is 2. The Labute approximate surface area is 105 Å². The zero-order valence-electron chi connectivity index (χ0n) is 9.88. The fourth-order valence-electron chi connectivity index (χ4n) is 1.66. The highest BCUT2D eigenvalue weighted by molar-refractivity contribution is 7.98. The van der Waals surface area contributed by atoms with E-state index in [0.29, 0.717) is 6.54 Å². The summed E-state index contributed by atoms with van der Waals surface area (Å²) in [5.41, 5.74) is 1.88. The van der Waals surface area contributed by atoms with E-state index in [0.717, 1.165) is 16.4 Å². The van der Waals surface area contributed by atoms with Crippen LogP contribution >= 0.6 is 11.8 Å². The SMILES string of the molecule is CSc1nc(C)cc(=O)n1Cc1ccccc1. The first kappa shape index (κ1) is 11.9.